The molecule has 21 heavy (non-hydrogen) atoms. The molecular formula is C16H12FNO2S. The molecule has 3 nitrogen and oxygen atoms in total. The summed E-state index contributed by atoms with van der Waals surface area (Å²) in [6.07, 6.45) is 0.355. The molecule has 0 fully saturated rings. The molecule has 0 saturated carbocycles. The third-order valence-corrected chi connectivity index (χ3v) is 5.72. The number of hydrogen-bond acceptors (Lipinski definition) is 3. The van der Waals surface area contributed by atoms with Gasteiger partial charge in [-0.1, -0.05) is 12.1 Å². The molecule has 0 bridgehead atoms. The Morgan fingerprint density at radius 3 is 2.43 bits per heavy atom. The third kappa shape index (κ3) is 2.12. The Kier molecular flexibility index (Phi) is 3.07. The average molecular weight is 301 g/mol. The quantitative estimate of drug-likeness (QED) is 0.649. The molecule has 1 aliphatic heterocycles. The van der Waals surface area contributed by atoms with Crippen molar-refractivity contribution in [2.75, 3.05) is 0 Å². The molecule has 5 heteroatoms. The zero-order chi connectivity index (χ0) is 15.2. The van der Waals surface area contributed by atoms with E-state index in [0.29, 0.717) is 17.5 Å². The van der Waals surface area contributed by atoms with Crippen LogP contribution in [0.15, 0.2) is 46.2 Å². The van der Waals surface area contributed by atoms with Crippen molar-refractivity contribution in [1.82, 2.24) is 0 Å². The highest BCUT2D eigenvalue weighted by molar-refractivity contribution is 7.91. The van der Waals surface area contributed by atoms with Gasteiger partial charge in [0, 0.05) is 6.42 Å². The Bertz CT molecular complexity index is 882. The fraction of sp³-hybridized carbons (Fsp3) is 0.188. The van der Waals surface area contributed by atoms with E-state index >= 15 is 0 Å². The Hall–Kier alpha value is -2.19. The molecule has 0 radical (unpaired) electrons. The number of halogens is 1. The van der Waals surface area contributed by atoms with Crippen LogP contribution in [0.3, 0.4) is 0 Å². The normalized spacial score (nSPS) is 16.4. The lowest BCUT2D eigenvalue weighted by atomic mass is 9.97. The summed E-state index contributed by atoms with van der Waals surface area (Å²) in [5.74, 6) is -0.763. The fourth-order valence-corrected chi connectivity index (χ4v) is 4.30. The number of benzene rings is 2. The summed E-state index contributed by atoms with van der Waals surface area (Å²) in [6, 6.07) is 10.8. The van der Waals surface area contributed by atoms with Gasteiger partial charge in [0.1, 0.15) is 5.82 Å². The van der Waals surface area contributed by atoms with E-state index in [1.807, 2.05) is 0 Å². The lowest BCUT2D eigenvalue weighted by Gasteiger charge is -2.21. The van der Waals surface area contributed by atoms with Crippen molar-refractivity contribution in [3.63, 3.8) is 0 Å². The van der Waals surface area contributed by atoms with Crippen LogP contribution in [-0.4, -0.2) is 8.42 Å². The number of fused-ring (bicyclic) bond motifs is 2. The van der Waals surface area contributed by atoms with Crippen LogP contribution >= 0.6 is 0 Å². The van der Waals surface area contributed by atoms with Gasteiger partial charge in [-0.05, 0) is 47.9 Å². The summed E-state index contributed by atoms with van der Waals surface area (Å²) in [6.45, 7) is 1.76. The summed E-state index contributed by atoms with van der Waals surface area (Å²) >= 11 is 0. The molecule has 1 unspecified atom stereocenters. The number of nitriles is 1. The second-order valence-corrected chi connectivity index (χ2v) is 7.04. The molecule has 0 spiro atoms. The highest BCUT2D eigenvalue weighted by Crippen LogP contribution is 2.35. The topological polar surface area (TPSA) is 57.9 Å². The molecule has 106 valence electrons. The van der Waals surface area contributed by atoms with Gasteiger partial charge < -0.3 is 0 Å². The SMILES string of the molecule is CC(C#N)c1ccc2c(c1)Cc1cc(F)ccc1S2(=O)=O. The minimum absolute atomic E-state index is 0.164. The van der Waals surface area contributed by atoms with Gasteiger partial charge >= 0.3 is 0 Å². The van der Waals surface area contributed by atoms with Crippen LogP contribution in [-0.2, 0) is 16.3 Å². The molecule has 2 aromatic carbocycles. The zero-order valence-electron chi connectivity index (χ0n) is 11.3. The maximum Gasteiger partial charge on any atom is 0.207 e. The van der Waals surface area contributed by atoms with Crippen molar-refractivity contribution in [2.45, 2.75) is 29.1 Å². The first-order valence-electron chi connectivity index (χ1n) is 6.49. The van der Waals surface area contributed by atoms with Gasteiger partial charge in [0.2, 0.25) is 9.84 Å². The minimum Gasteiger partial charge on any atom is -0.218 e. The van der Waals surface area contributed by atoms with E-state index in [-0.39, 0.29) is 15.7 Å². The van der Waals surface area contributed by atoms with Crippen molar-refractivity contribution >= 4 is 9.84 Å². The monoisotopic (exact) mass is 301 g/mol. The van der Waals surface area contributed by atoms with Gasteiger partial charge in [0.15, 0.2) is 0 Å². The first kappa shape index (κ1) is 13.8. The van der Waals surface area contributed by atoms with Crippen LogP contribution in [0.4, 0.5) is 4.39 Å². The van der Waals surface area contributed by atoms with Gasteiger partial charge in [-0.3, -0.25) is 0 Å². The van der Waals surface area contributed by atoms with E-state index in [1.165, 1.54) is 12.1 Å². The third-order valence-electron chi connectivity index (χ3n) is 3.76. The molecule has 0 saturated heterocycles. The molecule has 0 aromatic heterocycles. The van der Waals surface area contributed by atoms with E-state index in [4.69, 9.17) is 5.26 Å². The van der Waals surface area contributed by atoms with E-state index < -0.39 is 15.7 Å². The highest BCUT2D eigenvalue weighted by atomic mass is 32.2. The lowest BCUT2D eigenvalue weighted by molar-refractivity contribution is 0.589. The predicted molar refractivity (Wildman–Crippen MR) is 75.1 cm³/mol. The summed E-state index contributed by atoms with van der Waals surface area (Å²) in [7, 11) is -3.62. The number of sulfone groups is 1. The van der Waals surface area contributed by atoms with Gasteiger partial charge in [-0.2, -0.15) is 5.26 Å². The first-order chi connectivity index (χ1) is 9.93. The van der Waals surface area contributed by atoms with E-state index in [2.05, 4.69) is 6.07 Å². The summed E-state index contributed by atoms with van der Waals surface area (Å²) in [4.78, 5) is 0.410. The van der Waals surface area contributed by atoms with Crippen LogP contribution in [0.1, 0.15) is 29.5 Å². The van der Waals surface area contributed by atoms with Crippen molar-refractivity contribution in [1.29, 1.82) is 5.26 Å². The minimum atomic E-state index is -3.62. The average Bonchev–Trinajstić information content (AvgIpc) is 2.45. The molecule has 0 N–H and O–H groups in total. The van der Waals surface area contributed by atoms with Gasteiger partial charge in [0.25, 0.3) is 0 Å². The second-order valence-electron chi connectivity index (χ2n) is 5.15. The molecule has 1 aliphatic rings. The first-order valence-corrected chi connectivity index (χ1v) is 7.98. The van der Waals surface area contributed by atoms with Gasteiger partial charge in [-0.25, -0.2) is 12.8 Å². The van der Waals surface area contributed by atoms with Crippen molar-refractivity contribution in [3.8, 4) is 6.07 Å². The molecule has 0 aliphatic carbocycles. The van der Waals surface area contributed by atoms with E-state index in [1.54, 1.807) is 25.1 Å². The van der Waals surface area contributed by atoms with Crippen molar-refractivity contribution in [2.24, 2.45) is 0 Å². The molecule has 2 aromatic rings. The number of hydrogen-bond donors (Lipinski definition) is 0. The maximum absolute atomic E-state index is 13.3. The smallest absolute Gasteiger partial charge is 0.207 e. The van der Waals surface area contributed by atoms with E-state index in [0.717, 1.165) is 11.6 Å². The molecule has 0 amide bonds. The predicted octanol–water partition coefficient (Wildman–Crippen LogP) is 3.19. The summed E-state index contributed by atoms with van der Waals surface area (Å²) in [5, 5.41) is 8.97. The van der Waals surface area contributed by atoms with Crippen LogP contribution in [0.2, 0.25) is 0 Å². The number of nitrogens with zero attached hydrogens (tertiary/aromatic N) is 1. The fourth-order valence-electron chi connectivity index (χ4n) is 2.62. The summed E-state index contributed by atoms with van der Waals surface area (Å²) in [5.41, 5.74) is 1.85. The van der Waals surface area contributed by atoms with Crippen molar-refractivity contribution in [3.05, 3.63) is 58.9 Å². The standard InChI is InChI=1S/C16H12FNO2S/c1-10(9-18)11-2-4-15-12(6-11)7-13-8-14(17)3-5-16(13)21(15,19)20/h2-6,8,10H,7H2,1H3. The van der Waals surface area contributed by atoms with Crippen LogP contribution in [0.25, 0.3) is 0 Å². The molecular weight excluding hydrogens is 289 g/mol. The van der Waals surface area contributed by atoms with Gasteiger partial charge in [0.05, 0.1) is 21.8 Å². The zero-order valence-corrected chi connectivity index (χ0v) is 12.1. The van der Waals surface area contributed by atoms with Crippen LogP contribution in [0, 0.1) is 17.1 Å². The Labute approximate surface area is 122 Å². The Morgan fingerprint density at radius 1 is 1.14 bits per heavy atom. The van der Waals surface area contributed by atoms with Gasteiger partial charge in [-0.15, -0.1) is 0 Å². The second kappa shape index (κ2) is 4.68. The Balaban J connectivity index is 2.22. The summed E-state index contributed by atoms with van der Waals surface area (Å²) < 4.78 is 38.5. The van der Waals surface area contributed by atoms with Crippen LogP contribution in [0.5, 0.6) is 0 Å². The van der Waals surface area contributed by atoms with E-state index in [9.17, 15) is 12.8 Å². The molecule has 1 heterocycles. The lowest BCUT2D eigenvalue weighted by Crippen LogP contribution is -2.15. The van der Waals surface area contributed by atoms with Crippen molar-refractivity contribution < 1.29 is 12.8 Å². The molecule has 3 rings (SSSR count). The molecule has 1 atom stereocenters. The number of rotatable bonds is 1. The largest absolute Gasteiger partial charge is 0.218 e. The Morgan fingerprint density at radius 2 is 1.76 bits per heavy atom. The highest BCUT2D eigenvalue weighted by Gasteiger charge is 2.29. The van der Waals surface area contributed by atoms with Crippen LogP contribution < -0.4 is 0 Å². The maximum atomic E-state index is 13.3.